The van der Waals surface area contributed by atoms with Crippen LogP contribution in [-0.2, 0) is 14.6 Å². The number of rotatable bonds is 4. The predicted molar refractivity (Wildman–Crippen MR) is 80.1 cm³/mol. The molecule has 1 unspecified atom stereocenters. The summed E-state index contributed by atoms with van der Waals surface area (Å²) >= 11 is 1.25. The van der Waals surface area contributed by atoms with E-state index in [9.17, 15) is 18.0 Å². The summed E-state index contributed by atoms with van der Waals surface area (Å²) in [5.41, 5.74) is 0.410. The summed E-state index contributed by atoms with van der Waals surface area (Å²) in [6.07, 6.45) is 3.63. The van der Waals surface area contributed by atoms with E-state index in [1.807, 2.05) is 0 Å². The third kappa shape index (κ3) is 4.68. The number of carbonyl (C=O) groups is 2. The van der Waals surface area contributed by atoms with Crippen LogP contribution in [0.1, 0.15) is 28.1 Å². The highest BCUT2D eigenvalue weighted by Crippen LogP contribution is 2.18. The average molecular weight is 329 g/mol. The molecule has 0 spiro atoms. The average Bonchev–Trinajstić information content (AvgIpc) is 2.84. The molecule has 0 aromatic carbocycles. The molecule has 0 radical (unpaired) electrons. The summed E-state index contributed by atoms with van der Waals surface area (Å²) in [6.45, 7) is 0. The molecule has 1 aliphatic heterocycles. The Hall–Kier alpha value is -1.67. The van der Waals surface area contributed by atoms with E-state index in [1.165, 1.54) is 17.4 Å². The van der Waals surface area contributed by atoms with Crippen molar-refractivity contribution < 1.29 is 23.1 Å². The summed E-state index contributed by atoms with van der Waals surface area (Å²) in [5.74, 6) is -1.22. The van der Waals surface area contributed by atoms with Gasteiger partial charge in [-0.25, -0.2) is 13.2 Å². The number of carbonyl (C=O) groups excluding carboxylic acids is 1. The highest BCUT2D eigenvalue weighted by Gasteiger charge is 2.26. The van der Waals surface area contributed by atoms with Crippen molar-refractivity contribution in [3.63, 3.8) is 0 Å². The number of thiophene rings is 1. The Morgan fingerprint density at radius 2 is 2.19 bits per heavy atom. The monoisotopic (exact) mass is 329 g/mol. The molecule has 1 aliphatic rings. The van der Waals surface area contributed by atoms with Gasteiger partial charge in [0.25, 0.3) is 5.91 Å². The fourth-order valence-electron chi connectivity index (χ4n) is 2.12. The SMILES string of the molecule is O=C(O)C=Cc1cc(C(=O)NC2CCCS(=O)(=O)C2)cs1. The molecule has 6 nitrogen and oxygen atoms in total. The Kier molecular flexibility index (Phi) is 4.79. The van der Waals surface area contributed by atoms with Gasteiger partial charge in [0.1, 0.15) is 0 Å². The fourth-order valence-corrected chi connectivity index (χ4v) is 4.53. The van der Waals surface area contributed by atoms with Gasteiger partial charge in [0, 0.05) is 22.4 Å². The molecule has 2 N–H and O–H groups in total. The van der Waals surface area contributed by atoms with Crippen LogP contribution in [0.5, 0.6) is 0 Å². The Bertz CT molecular complexity index is 674. The highest BCUT2D eigenvalue weighted by atomic mass is 32.2. The zero-order valence-electron chi connectivity index (χ0n) is 11.1. The second-order valence-corrected chi connectivity index (χ2v) is 8.01. The van der Waals surface area contributed by atoms with Crippen molar-refractivity contribution in [3.05, 3.63) is 28.0 Å². The second-order valence-electron chi connectivity index (χ2n) is 4.84. The first-order valence-corrected chi connectivity index (χ1v) is 9.07. The number of aliphatic carboxylic acids is 1. The molecule has 1 aromatic rings. The maximum absolute atomic E-state index is 12.0. The zero-order valence-corrected chi connectivity index (χ0v) is 12.7. The molecule has 0 saturated carbocycles. The molecule has 1 aromatic heterocycles. The van der Waals surface area contributed by atoms with Crippen molar-refractivity contribution in [2.75, 3.05) is 11.5 Å². The van der Waals surface area contributed by atoms with Crippen LogP contribution >= 0.6 is 11.3 Å². The van der Waals surface area contributed by atoms with E-state index < -0.39 is 15.8 Å². The molecule has 21 heavy (non-hydrogen) atoms. The minimum Gasteiger partial charge on any atom is -0.478 e. The lowest BCUT2D eigenvalue weighted by molar-refractivity contribution is -0.131. The van der Waals surface area contributed by atoms with Gasteiger partial charge in [-0.1, -0.05) is 0 Å². The van der Waals surface area contributed by atoms with Gasteiger partial charge < -0.3 is 10.4 Å². The van der Waals surface area contributed by atoms with Crippen molar-refractivity contribution in [1.82, 2.24) is 5.32 Å². The molecule has 0 bridgehead atoms. The molecule has 8 heteroatoms. The normalized spacial score (nSPS) is 21.2. The van der Waals surface area contributed by atoms with Crippen molar-refractivity contribution in [3.8, 4) is 0 Å². The molecular formula is C13H15NO5S2. The van der Waals surface area contributed by atoms with Gasteiger partial charge in [-0.15, -0.1) is 11.3 Å². The van der Waals surface area contributed by atoms with Gasteiger partial charge in [-0.05, 0) is 25.0 Å². The molecular weight excluding hydrogens is 314 g/mol. The summed E-state index contributed by atoms with van der Waals surface area (Å²) in [5, 5.41) is 12.9. The van der Waals surface area contributed by atoms with Crippen LogP contribution in [0.25, 0.3) is 6.08 Å². The highest BCUT2D eigenvalue weighted by molar-refractivity contribution is 7.91. The van der Waals surface area contributed by atoms with Gasteiger partial charge in [-0.3, -0.25) is 4.79 Å². The van der Waals surface area contributed by atoms with Crippen LogP contribution in [0.3, 0.4) is 0 Å². The Labute approximate surface area is 126 Å². The molecule has 1 amide bonds. The van der Waals surface area contributed by atoms with Crippen LogP contribution < -0.4 is 5.32 Å². The third-order valence-corrected chi connectivity index (χ3v) is 5.79. The van der Waals surface area contributed by atoms with Gasteiger partial charge in [-0.2, -0.15) is 0 Å². The van der Waals surface area contributed by atoms with E-state index in [4.69, 9.17) is 5.11 Å². The molecule has 2 rings (SSSR count). The van der Waals surface area contributed by atoms with Gasteiger partial charge in [0.05, 0.1) is 17.1 Å². The Morgan fingerprint density at radius 3 is 2.86 bits per heavy atom. The van der Waals surface area contributed by atoms with E-state index in [2.05, 4.69) is 5.32 Å². The minimum atomic E-state index is -3.06. The van der Waals surface area contributed by atoms with E-state index in [1.54, 1.807) is 11.4 Å². The van der Waals surface area contributed by atoms with Crippen LogP contribution in [0.15, 0.2) is 17.5 Å². The first kappa shape index (κ1) is 15.7. The van der Waals surface area contributed by atoms with Crippen LogP contribution in [0.2, 0.25) is 0 Å². The predicted octanol–water partition coefficient (Wildman–Crippen LogP) is 1.15. The first-order valence-electron chi connectivity index (χ1n) is 6.36. The van der Waals surface area contributed by atoms with Crippen LogP contribution in [0, 0.1) is 0 Å². The zero-order chi connectivity index (χ0) is 15.5. The van der Waals surface area contributed by atoms with Crippen molar-refractivity contribution in [1.29, 1.82) is 0 Å². The fraction of sp³-hybridized carbons (Fsp3) is 0.385. The molecule has 1 fully saturated rings. The lowest BCUT2D eigenvalue weighted by Crippen LogP contribution is -2.43. The van der Waals surface area contributed by atoms with Gasteiger partial charge >= 0.3 is 5.97 Å². The third-order valence-electron chi connectivity index (χ3n) is 3.07. The molecule has 1 saturated heterocycles. The lowest BCUT2D eigenvalue weighted by Gasteiger charge is -2.22. The number of carboxylic acid groups (broad SMARTS) is 1. The standard InChI is InChI=1S/C13H15NO5S2/c15-12(16)4-3-11-6-9(7-20-11)13(17)14-10-2-1-5-21(18,19)8-10/h3-4,6-7,10H,1-2,5,8H2,(H,14,17)(H,15,16). The second kappa shape index (κ2) is 6.40. The maximum Gasteiger partial charge on any atom is 0.328 e. The summed E-state index contributed by atoms with van der Waals surface area (Å²) in [4.78, 5) is 23.1. The number of sulfone groups is 1. The molecule has 114 valence electrons. The number of hydrogen-bond acceptors (Lipinski definition) is 5. The van der Waals surface area contributed by atoms with Gasteiger partial charge in [0.2, 0.25) is 0 Å². The minimum absolute atomic E-state index is 0.0192. The Morgan fingerprint density at radius 1 is 1.43 bits per heavy atom. The molecule has 1 atom stereocenters. The maximum atomic E-state index is 12.0. The van der Waals surface area contributed by atoms with Gasteiger partial charge in [0.15, 0.2) is 9.84 Å². The number of nitrogens with one attached hydrogen (secondary N) is 1. The molecule has 2 heterocycles. The number of amides is 1. The molecule has 0 aliphatic carbocycles. The van der Waals surface area contributed by atoms with Crippen molar-refractivity contribution in [2.45, 2.75) is 18.9 Å². The summed E-state index contributed by atoms with van der Waals surface area (Å²) < 4.78 is 23.0. The summed E-state index contributed by atoms with van der Waals surface area (Å²) in [6, 6.07) is 1.23. The smallest absolute Gasteiger partial charge is 0.328 e. The van der Waals surface area contributed by atoms with Crippen molar-refractivity contribution in [2.24, 2.45) is 0 Å². The quantitative estimate of drug-likeness (QED) is 0.807. The number of hydrogen-bond donors (Lipinski definition) is 2. The number of carboxylic acids is 1. The Balaban J connectivity index is 1.99. The van der Waals surface area contributed by atoms with Crippen molar-refractivity contribution >= 4 is 39.1 Å². The summed E-state index contributed by atoms with van der Waals surface area (Å²) in [7, 11) is -3.06. The topological polar surface area (TPSA) is 101 Å². The first-order chi connectivity index (χ1) is 9.85. The van der Waals surface area contributed by atoms with E-state index >= 15 is 0 Å². The van der Waals surface area contributed by atoms with E-state index in [0.29, 0.717) is 23.3 Å². The van der Waals surface area contributed by atoms with E-state index in [-0.39, 0.29) is 23.5 Å². The largest absolute Gasteiger partial charge is 0.478 e. The lowest BCUT2D eigenvalue weighted by atomic mass is 10.1. The van der Waals surface area contributed by atoms with E-state index in [0.717, 1.165) is 6.08 Å². The van der Waals surface area contributed by atoms with Crippen LogP contribution in [0.4, 0.5) is 0 Å². The van der Waals surface area contributed by atoms with Crippen LogP contribution in [-0.4, -0.2) is 42.9 Å².